The van der Waals surface area contributed by atoms with E-state index in [1.54, 1.807) is 0 Å². The van der Waals surface area contributed by atoms with Crippen LogP contribution in [-0.2, 0) is 4.79 Å². The quantitative estimate of drug-likeness (QED) is 0.587. The van der Waals surface area contributed by atoms with Crippen molar-refractivity contribution in [2.24, 2.45) is 23.7 Å². The van der Waals surface area contributed by atoms with Crippen LogP contribution in [-0.4, -0.2) is 11.1 Å². The van der Waals surface area contributed by atoms with Crippen molar-refractivity contribution in [2.75, 3.05) is 0 Å². The maximum absolute atomic E-state index is 10.8. The summed E-state index contributed by atoms with van der Waals surface area (Å²) in [4.78, 5) is 10.8. The zero-order valence-electron chi connectivity index (χ0n) is 6.47. The van der Waals surface area contributed by atoms with Crippen molar-refractivity contribution in [2.45, 2.75) is 6.42 Å². The third kappa shape index (κ3) is 0.781. The molecule has 1 fully saturated rings. The highest BCUT2D eigenvalue weighted by atomic mass is 16.4. The van der Waals surface area contributed by atoms with Gasteiger partial charge in [0.05, 0.1) is 17.9 Å². The third-order valence-corrected chi connectivity index (χ3v) is 2.89. The van der Waals surface area contributed by atoms with E-state index in [0.29, 0.717) is 0 Å². The molecule has 1 saturated carbocycles. The van der Waals surface area contributed by atoms with Gasteiger partial charge in [0.1, 0.15) is 0 Å². The van der Waals surface area contributed by atoms with Crippen LogP contribution in [0.1, 0.15) is 6.42 Å². The van der Waals surface area contributed by atoms with Gasteiger partial charge >= 0.3 is 5.97 Å². The molecule has 1 N–H and O–H groups in total. The maximum atomic E-state index is 10.8. The molecule has 0 aliphatic heterocycles. The average Bonchev–Trinajstić information content (AvgIpc) is 2.60. The summed E-state index contributed by atoms with van der Waals surface area (Å²) in [5.41, 5.74) is 0. The first kappa shape index (κ1) is 7.35. The molecule has 0 heterocycles. The van der Waals surface area contributed by atoms with Crippen molar-refractivity contribution in [3.8, 4) is 6.07 Å². The van der Waals surface area contributed by atoms with Crippen LogP contribution in [0.25, 0.3) is 0 Å². The SMILES string of the molecule is N#C[C@H]1[C@H](C(=O)O)[C@H]2C=C[C@@H]1C2. The summed E-state index contributed by atoms with van der Waals surface area (Å²) in [6.07, 6.45) is 4.78. The fourth-order valence-corrected chi connectivity index (χ4v) is 2.33. The molecule has 3 heteroatoms. The minimum atomic E-state index is -0.821. The molecular weight excluding hydrogens is 154 g/mol. The van der Waals surface area contributed by atoms with Crippen LogP contribution in [0.2, 0.25) is 0 Å². The lowest BCUT2D eigenvalue weighted by molar-refractivity contribution is -0.143. The molecule has 2 aliphatic carbocycles. The zero-order valence-corrected chi connectivity index (χ0v) is 6.47. The van der Waals surface area contributed by atoms with Gasteiger partial charge in [0.2, 0.25) is 0 Å². The summed E-state index contributed by atoms with van der Waals surface area (Å²) in [6.45, 7) is 0. The fraction of sp³-hybridized carbons (Fsp3) is 0.556. The summed E-state index contributed by atoms with van der Waals surface area (Å²) in [5, 5.41) is 17.6. The van der Waals surface area contributed by atoms with Gasteiger partial charge in [-0.05, 0) is 18.3 Å². The van der Waals surface area contributed by atoms with E-state index in [1.165, 1.54) is 0 Å². The highest BCUT2D eigenvalue weighted by Crippen LogP contribution is 2.47. The van der Waals surface area contributed by atoms with Gasteiger partial charge in [-0.3, -0.25) is 4.79 Å². The van der Waals surface area contributed by atoms with E-state index in [2.05, 4.69) is 6.07 Å². The van der Waals surface area contributed by atoms with Gasteiger partial charge in [-0.2, -0.15) is 5.26 Å². The van der Waals surface area contributed by atoms with Crippen molar-refractivity contribution in [1.29, 1.82) is 5.26 Å². The molecule has 0 amide bonds. The predicted octanol–water partition coefficient (Wildman–Crippen LogP) is 1.03. The molecule has 12 heavy (non-hydrogen) atoms. The Morgan fingerprint density at radius 1 is 1.50 bits per heavy atom. The normalized spacial score (nSPS) is 42.9. The number of allylic oxidation sites excluding steroid dienone is 2. The van der Waals surface area contributed by atoms with E-state index in [0.717, 1.165) is 6.42 Å². The maximum Gasteiger partial charge on any atom is 0.308 e. The van der Waals surface area contributed by atoms with Gasteiger partial charge in [0.15, 0.2) is 0 Å². The number of carboxylic acids is 1. The predicted molar refractivity (Wildman–Crippen MR) is 41.0 cm³/mol. The summed E-state index contributed by atoms with van der Waals surface area (Å²) in [5.74, 6) is -1.26. The lowest BCUT2D eigenvalue weighted by Crippen LogP contribution is -2.26. The van der Waals surface area contributed by atoms with Crippen LogP contribution in [0.3, 0.4) is 0 Å². The number of carboxylic acid groups (broad SMARTS) is 1. The smallest absolute Gasteiger partial charge is 0.308 e. The molecule has 2 aliphatic rings. The number of fused-ring (bicyclic) bond motifs is 2. The zero-order chi connectivity index (χ0) is 8.72. The third-order valence-electron chi connectivity index (χ3n) is 2.89. The van der Waals surface area contributed by atoms with Crippen molar-refractivity contribution < 1.29 is 9.90 Å². The Balaban J connectivity index is 2.30. The Morgan fingerprint density at radius 2 is 2.17 bits per heavy atom. The van der Waals surface area contributed by atoms with E-state index in [4.69, 9.17) is 10.4 Å². The Labute approximate surface area is 70.3 Å². The summed E-state index contributed by atoms with van der Waals surface area (Å²) in [7, 11) is 0. The minimum Gasteiger partial charge on any atom is -0.481 e. The molecule has 0 saturated heterocycles. The first-order valence-corrected chi connectivity index (χ1v) is 4.05. The molecule has 0 aromatic carbocycles. The van der Waals surface area contributed by atoms with E-state index < -0.39 is 11.9 Å². The standard InChI is InChI=1S/C9H9NO2/c10-4-7-5-1-2-6(3-5)8(7)9(11)12/h1-2,5-8H,3H2,(H,11,12)/t5-,6+,7-,8-/m1/s1. The number of nitrogens with zero attached hydrogens (tertiary/aromatic N) is 1. The molecule has 2 rings (SSSR count). The number of hydrogen-bond donors (Lipinski definition) is 1. The Bertz CT molecular complexity index is 289. The number of rotatable bonds is 1. The monoisotopic (exact) mass is 163 g/mol. The summed E-state index contributed by atoms with van der Waals surface area (Å²) < 4.78 is 0. The van der Waals surface area contributed by atoms with Crippen LogP contribution < -0.4 is 0 Å². The number of carbonyl (C=O) groups is 1. The second-order valence-corrected chi connectivity index (χ2v) is 3.47. The second-order valence-electron chi connectivity index (χ2n) is 3.47. The first-order valence-electron chi connectivity index (χ1n) is 4.05. The summed E-state index contributed by atoms with van der Waals surface area (Å²) >= 11 is 0. The molecular formula is C9H9NO2. The van der Waals surface area contributed by atoms with E-state index in [-0.39, 0.29) is 17.8 Å². The van der Waals surface area contributed by atoms with E-state index in [9.17, 15) is 4.79 Å². The highest BCUT2D eigenvalue weighted by molar-refractivity contribution is 5.72. The molecule has 0 spiro atoms. The highest BCUT2D eigenvalue weighted by Gasteiger charge is 2.48. The van der Waals surface area contributed by atoms with E-state index >= 15 is 0 Å². The molecule has 62 valence electrons. The van der Waals surface area contributed by atoms with E-state index in [1.807, 2.05) is 12.2 Å². The van der Waals surface area contributed by atoms with Crippen LogP contribution in [0.5, 0.6) is 0 Å². The van der Waals surface area contributed by atoms with Crippen LogP contribution in [0, 0.1) is 35.0 Å². The van der Waals surface area contributed by atoms with Crippen LogP contribution in [0.4, 0.5) is 0 Å². The van der Waals surface area contributed by atoms with Crippen molar-refractivity contribution in [3.63, 3.8) is 0 Å². The summed E-state index contributed by atoms with van der Waals surface area (Å²) in [6, 6.07) is 2.09. The van der Waals surface area contributed by atoms with Crippen molar-refractivity contribution in [3.05, 3.63) is 12.2 Å². The van der Waals surface area contributed by atoms with Crippen molar-refractivity contribution >= 4 is 5.97 Å². The molecule has 3 nitrogen and oxygen atoms in total. The number of nitriles is 1. The van der Waals surface area contributed by atoms with Crippen LogP contribution in [0.15, 0.2) is 12.2 Å². The second kappa shape index (κ2) is 2.34. The van der Waals surface area contributed by atoms with Crippen molar-refractivity contribution in [1.82, 2.24) is 0 Å². The number of aliphatic carboxylic acids is 1. The molecule has 2 bridgehead atoms. The lowest BCUT2D eigenvalue weighted by Gasteiger charge is -2.17. The molecule has 0 aromatic heterocycles. The Morgan fingerprint density at radius 3 is 2.67 bits per heavy atom. The van der Waals surface area contributed by atoms with Gasteiger partial charge < -0.3 is 5.11 Å². The van der Waals surface area contributed by atoms with Gasteiger partial charge in [-0.15, -0.1) is 0 Å². The Hall–Kier alpha value is -1.30. The van der Waals surface area contributed by atoms with Gasteiger partial charge in [-0.1, -0.05) is 12.2 Å². The first-order chi connectivity index (χ1) is 5.74. The lowest BCUT2D eigenvalue weighted by atomic mass is 9.84. The van der Waals surface area contributed by atoms with Crippen LogP contribution >= 0.6 is 0 Å². The molecule has 0 radical (unpaired) electrons. The largest absolute Gasteiger partial charge is 0.481 e. The van der Waals surface area contributed by atoms with Gasteiger partial charge in [0, 0.05) is 0 Å². The molecule has 4 atom stereocenters. The molecule has 0 aromatic rings. The average molecular weight is 163 g/mol. The van der Waals surface area contributed by atoms with Gasteiger partial charge in [-0.25, -0.2) is 0 Å². The topological polar surface area (TPSA) is 61.1 Å². The fourth-order valence-electron chi connectivity index (χ4n) is 2.33. The molecule has 0 unspecified atom stereocenters. The number of hydrogen-bond acceptors (Lipinski definition) is 2. The minimum absolute atomic E-state index is 0.108. The Kier molecular flexibility index (Phi) is 1.44. The van der Waals surface area contributed by atoms with Gasteiger partial charge in [0.25, 0.3) is 0 Å².